The molecule has 3 unspecified atom stereocenters. The molecule has 342 valence electrons. The number of imide groups is 1. The number of nitrogens with one attached hydrogen (secondary N) is 1. The molecular formula is C32H36F2N14O12P2S2. The zero-order valence-electron chi connectivity index (χ0n) is 32.9. The van der Waals surface area contributed by atoms with E-state index in [1.807, 2.05) is 0 Å². The fourth-order valence-corrected chi connectivity index (χ4v) is 10.3. The summed E-state index contributed by atoms with van der Waals surface area (Å²) < 4.78 is 76.1. The van der Waals surface area contributed by atoms with Crippen LogP contribution in [0.5, 0.6) is 0 Å². The molecule has 4 aliphatic heterocycles. The molecule has 0 saturated carbocycles. The van der Waals surface area contributed by atoms with Crippen molar-refractivity contribution in [2.75, 3.05) is 30.9 Å². The van der Waals surface area contributed by atoms with Crippen molar-refractivity contribution in [3.05, 3.63) is 37.2 Å². The van der Waals surface area contributed by atoms with Crippen LogP contribution in [0.1, 0.15) is 37.9 Å². The van der Waals surface area contributed by atoms with E-state index in [0.717, 1.165) is 23.9 Å². The minimum atomic E-state index is -4.37. The summed E-state index contributed by atoms with van der Waals surface area (Å²) >= 11 is 10.5. The minimum Gasteiger partial charge on any atom is -0.449 e. The second kappa shape index (κ2) is 17.6. The molecule has 26 nitrogen and oxygen atoms in total. The Morgan fingerprint density at radius 1 is 0.922 bits per heavy atom. The number of rotatable bonds is 9. The fourth-order valence-electron chi connectivity index (χ4n) is 7.47. The number of aryl methyl sites for hydroxylation is 1. The molecule has 4 saturated heterocycles. The molecule has 0 radical (unpaired) electrons. The molecule has 5 aromatic heterocycles. The first-order valence-electron chi connectivity index (χ1n) is 19.2. The smallest absolute Gasteiger partial charge is 0.412 e. The highest BCUT2D eigenvalue weighted by atomic mass is 32.5. The molecule has 11 atom stereocenters. The third-order valence-electron chi connectivity index (χ3n) is 10.5. The lowest BCUT2D eigenvalue weighted by atomic mass is 10.1. The van der Waals surface area contributed by atoms with Gasteiger partial charge in [-0.3, -0.25) is 42.7 Å². The summed E-state index contributed by atoms with van der Waals surface area (Å²) in [7, 11) is 0. The maximum absolute atomic E-state index is 16.5. The Bertz CT molecular complexity index is 2720. The SMILES string of the molecule is CC1CC(=O)N(Cc2cn(CCCOC(=O)Nc3ncnc4c3ncn4[C@@H]3O[C@@H]4COP(O)(=S)O[C@H]5[C@@H](F)[C@H](n6cnc7c(N)ncnc76)O[C@@H]5COP(O)(=S)O[C@H]4[C@H]3F)nn2)C1=O. The Morgan fingerprint density at radius 3 is 2.12 bits per heavy atom. The van der Waals surface area contributed by atoms with Crippen molar-refractivity contribution in [1.82, 2.24) is 58.9 Å². The Balaban J connectivity index is 0.835. The first kappa shape index (κ1) is 44.5. The third-order valence-corrected chi connectivity index (χ3v) is 13.6. The van der Waals surface area contributed by atoms with Gasteiger partial charge in [0.05, 0.1) is 45.2 Å². The third kappa shape index (κ3) is 8.84. The largest absolute Gasteiger partial charge is 0.449 e. The Morgan fingerprint density at radius 2 is 1.52 bits per heavy atom. The van der Waals surface area contributed by atoms with E-state index in [0.29, 0.717) is 18.7 Å². The predicted molar refractivity (Wildman–Crippen MR) is 216 cm³/mol. The Labute approximate surface area is 368 Å². The number of nitrogens with zero attached hydrogens (tertiary/aromatic N) is 12. The van der Waals surface area contributed by atoms with E-state index in [1.165, 1.54) is 20.1 Å². The van der Waals surface area contributed by atoms with E-state index in [4.69, 9.17) is 61.7 Å². The van der Waals surface area contributed by atoms with Gasteiger partial charge >= 0.3 is 19.5 Å². The van der Waals surface area contributed by atoms with Gasteiger partial charge in [-0.1, -0.05) is 12.1 Å². The maximum atomic E-state index is 16.5. The molecule has 0 aromatic carbocycles. The van der Waals surface area contributed by atoms with Crippen molar-refractivity contribution in [3.63, 3.8) is 0 Å². The van der Waals surface area contributed by atoms with Gasteiger partial charge < -0.3 is 38.8 Å². The average Bonchev–Trinajstić information content (AvgIpc) is 4.11. The maximum Gasteiger partial charge on any atom is 0.412 e. The summed E-state index contributed by atoms with van der Waals surface area (Å²) in [6.07, 6.45) is -7.57. The van der Waals surface area contributed by atoms with Crippen LogP contribution in [-0.4, -0.2) is 143 Å². The molecular weight excluding hydrogens is 937 g/mol. The molecule has 3 amide bonds. The highest BCUT2D eigenvalue weighted by molar-refractivity contribution is 8.07. The molecule has 0 aliphatic carbocycles. The molecule has 9 rings (SSSR count). The van der Waals surface area contributed by atoms with Gasteiger partial charge in [-0.25, -0.2) is 43.5 Å². The highest BCUT2D eigenvalue weighted by Gasteiger charge is 2.54. The number of anilines is 2. The number of likely N-dealkylation sites (tertiary alicyclic amines) is 1. The number of hydrogen-bond donors (Lipinski definition) is 4. The van der Waals surface area contributed by atoms with Gasteiger partial charge in [0.25, 0.3) is 0 Å². The van der Waals surface area contributed by atoms with Crippen molar-refractivity contribution in [2.24, 2.45) is 5.92 Å². The van der Waals surface area contributed by atoms with E-state index in [1.54, 1.807) is 13.1 Å². The van der Waals surface area contributed by atoms with Crippen LogP contribution < -0.4 is 11.1 Å². The van der Waals surface area contributed by atoms with Crippen LogP contribution in [0.25, 0.3) is 22.3 Å². The average molecular weight is 973 g/mol. The minimum absolute atomic E-state index is 0.00594. The summed E-state index contributed by atoms with van der Waals surface area (Å²) in [6, 6.07) is 0. The number of fused-ring (bicyclic) bond motifs is 4. The molecule has 4 aliphatic rings. The van der Waals surface area contributed by atoms with Crippen molar-refractivity contribution in [2.45, 2.75) is 82.1 Å². The van der Waals surface area contributed by atoms with Crippen molar-refractivity contribution >= 4 is 88.9 Å². The van der Waals surface area contributed by atoms with Gasteiger partial charge in [0, 0.05) is 25.3 Å². The number of alkyl halides is 2. The molecule has 9 heterocycles. The normalized spacial score (nSPS) is 32.4. The second-order valence-corrected chi connectivity index (χ2v) is 20.4. The molecule has 32 heteroatoms. The first-order valence-corrected chi connectivity index (χ1v) is 24.4. The topological polar surface area (TPSA) is 315 Å². The zero-order chi connectivity index (χ0) is 45.1. The van der Waals surface area contributed by atoms with Gasteiger partial charge in [0.15, 0.2) is 53.2 Å². The number of imidazole rings is 2. The van der Waals surface area contributed by atoms with E-state index in [9.17, 15) is 24.2 Å². The molecule has 5 N–H and O–H groups in total. The fraction of sp³-hybridized carbons (Fsp3) is 0.531. The van der Waals surface area contributed by atoms with E-state index < -0.39 is 82.0 Å². The van der Waals surface area contributed by atoms with Gasteiger partial charge in [-0.15, -0.1) is 5.10 Å². The molecule has 4 fully saturated rings. The number of nitrogens with two attached hydrogens (primary N) is 1. The Kier molecular flexibility index (Phi) is 12.2. The van der Waals surface area contributed by atoms with Gasteiger partial charge in [-0.05, 0) is 23.6 Å². The van der Waals surface area contributed by atoms with Gasteiger partial charge in [-0.2, -0.15) is 0 Å². The van der Waals surface area contributed by atoms with Crippen LogP contribution in [0, 0.1) is 5.92 Å². The van der Waals surface area contributed by atoms with Crippen LogP contribution in [0.2, 0.25) is 0 Å². The van der Waals surface area contributed by atoms with E-state index in [2.05, 4.69) is 45.5 Å². The first-order chi connectivity index (χ1) is 30.6. The molecule has 0 bridgehead atoms. The van der Waals surface area contributed by atoms with Crippen LogP contribution in [0.15, 0.2) is 31.5 Å². The number of hydrogen-bond acceptors (Lipinski definition) is 21. The van der Waals surface area contributed by atoms with Crippen molar-refractivity contribution in [1.29, 1.82) is 0 Å². The van der Waals surface area contributed by atoms with E-state index in [-0.39, 0.29) is 71.3 Å². The number of ether oxygens (including phenoxy) is 3. The number of carbonyl (C=O) groups excluding carboxylic acids is 3. The monoisotopic (exact) mass is 972 g/mol. The lowest BCUT2D eigenvalue weighted by Crippen LogP contribution is -2.37. The summed E-state index contributed by atoms with van der Waals surface area (Å²) in [6.45, 7) is -8.13. The number of aromatic nitrogens is 11. The van der Waals surface area contributed by atoms with Crippen LogP contribution in [-0.2, 0) is 78.6 Å². The number of halogens is 2. The van der Waals surface area contributed by atoms with Crippen molar-refractivity contribution in [3.8, 4) is 0 Å². The van der Waals surface area contributed by atoms with Crippen LogP contribution in [0.3, 0.4) is 0 Å². The molecule has 0 spiro atoms. The van der Waals surface area contributed by atoms with Gasteiger partial charge in [0.1, 0.15) is 48.3 Å². The lowest BCUT2D eigenvalue weighted by Gasteiger charge is -2.29. The molecule has 5 aromatic rings. The van der Waals surface area contributed by atoms with Crippen LogP contribution >= 0.6 is 13.4 Å². The number of carbonyl (C=O) groups is 3. The van der Waals surface area contributed by atoms with Gasteiger partial charge in [0.2, 0.25) is 11.8 Å². The number of amides is 3. The Hall–Kier alpha value is -4.71. The predicted octanol–water partition coefficient (Wildman–Crippen LogP) is 1.10. The summed E-state index contributed by atoms with van der Waals surface area (Å²) in [5, 5.41) is 10.5. The summed E-state index contributed by atoms with van der Waals surface area (Å²) in [5.41, 5.74) is 6.61. The number of nitrogen functional groups attached to an aromatic ring is 1. The lowest BCUT2D eigenvalue weighted by molar-refractivity contribution is -0.140. The van der Waals surface area contributed by atoms with E-state index >= 15 is 8.78 Å². The summed E-state index contributed by atoms with van der Waals surface area (Å²) in [5.74, 6) is -0.964. The second-order valence-electron chi connectivity index (χ2n) is 14.8. The highest BCUT2D eigenvalue weighted by Crippen LogP contribution is 2.54. The standard InChI is InChI=1S/C32H36F2N14O12P2S2/c1-14-5-18(49)46(29(14)50)7-15-6-45(44-43-15)3-2-4-54-32(51)42-26-22-28(39-11-37-26)48(13-41-22)31-20(34)24-17(58-31)9-56-61(52,63)59-23-16(8-55-62(53,64)60-24)57-30(19(23)33)47-12-40-21-25(35)36-10-38-27(21)47/h6,10-14,16-17,19-20,23-24,30-31H,2-5,7-9H2,1H3,(H,52,63)(H,53,64)(H2,35,36,38)(H,37,39,42,51)/t14?,16-,17-,19-,20-,23-,24-,30-,31-,61?,62?/m1/s1. The zero-order valence-corrected chi connectivity index (χ0v) is 36.3. The van der Waals surface area contributed by atoms with Crippen molar-refractivity contribution < 1.29 is 65.3 Å². The van der Waals surface area contributed by atoms with Crippen LogP contribution in [0.4, 0.5) is 25.2 Å². The quantitative estimate of drug-likeness (QED) is 0.0913. The summed E-state index contributed by atoms with van der Waals surface area (Å²) in [4.78, 5) is 85.1. The molecule has 64 heavy (non-hydrogen) atoms.